The molecule has 0 aromatic carbocycles. The Kier molecular flexibility index (Phi) is 4.43. The van der Waals surface area contributed by atoms with Gasteiger partial charge in [-0.25, -0.2) is 17.9 Å². The van der Waals surface area contributed by atoms with E-state index in [9.17, 15) is 18.3 Å². The molecule has 1 aromatic rings. The summed E-state index contributed by atoms with van der Waals surface area (Å²) in [6.07, 6.45) is 7.21. The molecule has 0 spiro atoms. The molecule has 2 aliphatic rings. The minimum atomic E-state index is -3.80. The molecule has 1 aliphatic carbocycles. The molecule has 1 saturated heterocycles. The van der Waals surface area contributed by atoms with Gasteiger partial charge in [0.05, 0.1) is 12.7 Å². The first-order chi connectivity index (χ1) is 10.9. The van der Waals surface area contributed by atoms with Crippen molar-refractivity contribution in [2.45, 2.75) is 49.1 Å². The predicted molar refractivity (Wildman–Crippen MR) is 80.3 cm³/mol. The quantitative estimate of drug-likeness (QED) is 0.750. The zero-order valence-electron chi connectivity index (χ0n) is 12.8. The molecule has 2 N–H and O–H groups in total. The van der Waals surface area contributed by atoms with Gasteiger partial charge in [0.2, 0.25) is 10.0 Å². The van der Waals surface area contributed by atoms with Gasteiger partial charge in [0.1, 0.15) is 4.90 Å². The number of carbonyl (C=O) groups is 1. The normalized spacial score (nSPS) is 25.4. The molecule has 3 rings (SSSR count). The molecular formula is C14H21N3O5S. The first-order valence-electron chi connectivity index (χ1n) is 7.81. The van der Waals surface area contributed by atoms with Gasteiger partial charge in [-0.2, -0.15) is 5.10 Å². The second-order valence-corrected chi connectivity index (χ2v) is 8.04. The van der Waals surface area contributed by atoms with Crippen LogP contribution >= 0.6 is 0 Å². The van der Waals surface area contributed by atoms with E-state index in [4.69, 9.17) is 4.74 Å². The smallest absolute Gasteiger partial charge is 0.337 e. The summed E-state index contributed by atoms with van der Waals surface area (Å²) in [5, 5.41) is 13.4. The van der Waals surface area contributed by atoms with Crippen molar-refractivity contribution in [3.8, 4) is 0 Å². The van der Waals surface area contributed by atoms with Gasteiger partial charge in [0, 0.05) is 19.3 Å². The van der Waals surface area contributed by atoms with Crippen molar-refractivity contribution in [1.82, 2.24) is 14.5 Å². The number of hydrogen-bond acceptors (Lipinski definition) is 5. The SMILES string of the molecule is O=C(O)C1(CNS(=O)(=O)c2cnn(CC3CCC3)c2)CCCO1. The van der Waals surface area contributed by atoms with E-state index in [1.165, 1.54) is 18.8 Å². The van der Waals surface area contributed by atoms with Gasteiger partial charge in [-0.15, -0.1) is 0 Å². The van der Waals surface area contributed by atoms with Crippen molar-refractivity contribution >= 4 is 16.0 Å². The van der Waals surface area contributed by atoms with E-state index >= 15 is 0 Å². The topological polar surface area (TPSA) is 111 Å². The molecule has 0 bridgehead atoms. The fourth-order valence-corrected chi connectivity index (χ4v) is 3.94. The lowest BCUT2D eigenvalue weighted by Gasteiger charge is -2.24. The number of rotatable bonds is 7. The van der Waals surface area contributed by atoms with Gasteiger partial charge in [0.25, 0.3) is 0 Å². The van der Waals surface area contributed by atoms with Crippen molar-refractivity contribution in [1.29, 1.82) is 0 Å². The first-order valence-corrected chi connectivity index (χ1v) is 9.29. The van der Waals surface area contributed by atoms with Gasteiger partial charge in [-0.1, -0.05) is 6.42 Å². The molecule has 1 aliphatic heterocycles. The predicted octanol–water partition coefficient (Wildman–Crippen LogP) is 0.595. The van der Waals surface area contributed by atoms with E-state index in [1.54, 1.807) is 4.68 Å². The lowest BCUT2D eigenvalue weighted by Crippen LogP contribution is -2.48. The minimum absolute atomic E-state index is 0.0513. The first kappa shape index (κ1) is 16.4. The highest BCUT2D eigenvalue weighted by Crippen LogP contribution is 2.28. The van der Waals surface area contributed by atoms with Crippen LogP contribution in [-0.2, 0) is 26.1 Å². The van der Waals surface area contributed by atoms with Gasteiger partial charge in [-0.05, 0) is 31.6 Å². The Morgan fingerprint density at radius 2 is 2.26 bits per heavy atom. The van der Waals surface area contributed by atoms with Gasteiger partial charge >= 0.3 is 5.97 Å². The molecule has 0 amide bonds. The maximum Gasteiger partial charge on any atom is 0.337 e. The Morgan fingerprint density at radius 3 is 2.83 bits per heavy atom. The zero-order chi connectivity index (χ0) is 16.5. The van der Waals surface area contributed by atoms with Crippen LogP contribution in [0.15, 0.2) is 17.3 Å². The molecule has 9 heteroatoms. The molecule has 0 radical (unpaired) electrons. The summed E-state index contributed by atoms with van der Waals surface area (Å²) in [6.45, 7) is 0.767. The summed E-state index contributed by atoms with van der Waals surface area (Å²) >= 11 is 0. The summed E-state index contributed by atoms with van der Waals surface area (Å²) < 4.78 is 33.9. The highest BCUT2D eigenvalue weighted by Gasteiger charge is 2.43. The van der Waals surface area contributed by atoms with Gasteiger partial charge in [0.15, 0.2) is 5.60 Å². The molecular weight excluding hydrogens is 322 g/mol. The van der Waals surface area contributed by atoms with E-state index in [1.807, 2.05) is 0 Å². The number of aliphatic carboxylic acids is 1. The number of nitrogens with zero attached hydrogens (tertiary/aromatic N) is 2. The van der Waals surface area contributed by atoms with Crippen molar-refractivity contribution in [2.75, 3.05) is 13.2 Å². The van der Waals surface area contributed by atoms with Crippen LogP contribution in [0, 0.1) is 5.92 Å². The third-order valence-corrected chi connectivity index (χ3v) is 5.99. The highest BCUT2D eigenvalue weighted by molar-refractivity contribution is 7.89. The minimum Gasteiger partial charge on any atom is -0.479 e. The Labute approximate surface area is 134 Å². The van der Waals surface area contributed by atoms with Crippen molar-refractivity contribution in [3.63, 3.8) is 0 Å². The molecule has 1 unspecified atom stereocenters. The number of hydrogen-bond donors (Lipinski definition) is 2. The summed E-state index contributed by atoms with van der Waals surface area (Å²) in [6, 6.07) is 0. The van der Waals surface area contributed by atoms with Crippen molar-refractivity contribution in [3.05, 3.63) is 12.4 Å². The van der Waals surface area contributed by atoms with Crippen LogP contribution in [0.2, 0.25) is 0 Å². The molecule has 128 valence electrons. The zero-order valence-corrected chi connectivity index (χ0v) is 13.6. The number of carboxylic acids is 1. The summed E-state index contributed by atoms with van der Waals surface area (Å²) in [7, 11) is -3.80. The van der Waals surface area contributed by atoms with E-state index in [2.05, 4.69) is 9.82 Å². The fourth-order valence-electron chi connectivity index (χ4n) is 2.90. The second-order valence-electron chi connectivity index (χ2n) is 6.27. The van der Waals surface area contributed by atoms with Crippen LogP contribution in [0.5, 0.6) is 0 Å². The number of nitrogens with one attached hydrogen (secondary N) is 1. The Hall–Kier alpha value is -1.45. The average molecular weight is 343 g/mol. The lowest BCUT2D eigenvalue weighted by molar-refractivity contribution is -0.159. The lowest BCUT2D eigenvalue weighted by atomic mass is 9.85. The molecule has 23 heavy (non-hydrogen) atoms. The van der Waals surface area contributed by atoms with Crippen LogP contribution in [0.4, 0.5) is 0 Å². The van der Waals surface area contributed by atoms with Crippen LogP contribution in [0.1, 0.15) is 32.1 Å². The summed E-state index contributed by atoms with van der Waals surface area (Å²) in [5.41, 5.74) is -1.46. The maximum absolute atomic E-state index is 12.3. The van der Waals surface area contributed by atoms with E-state index in [-0.39, 0.29) is 11.4 Å². The monoisotopic (exact) mass is 343 g/mol. The molecule has 1 aromatic heterocycles. The molecule has 8 nitrogen and oxygen atoms in total. The summed E-state index contributed by atoms with van der Waals surface area (Å²) in [5.74, 6) is -0.570. The Bertz CT molecular complexity index is 674. The largest absolute Gasteiger partial charge is 0.479 e. The van der Waals surface area contributed by atoms with Crippen LogP contribution < -0.4 is 4.72 Å². The molecule has 1 saturated carbocycles. The standard InChI is InChI=1S/C14H21N3O5S/c18-13(19)14(5-2-6-22-14)10-16-23(20,21)12-7-15-17(9-12)8-11-3-1-4-11/h7,9,11,16H,1-6,8,10H2,(H,18,19). The number of sulfonamides is 1. The summed E-state index contributed by atoms with van der Waals surface area (Å²) in [4.78, 5) is 11.4. The number of carboxylic acid groups (broad SMARTS) is 1. The van der Waals surface area contributed by atoms with Crippen LogP contribution in [-0.4, -0.2) is 48.0 Å². The number of ether oxygens (including phenoxy) is 1. The Balaban J connectivity index is 1.65. The third kappa shape index (κ3) is 3.41. The van der Waals surface area contributed by atoms with E-state index in [0.717, 1.165) is 19.4 Å². The van der Waals surface area contributed by atoms with Gasteiger partial charge < -0.3 is 9.84 Å². The molecule has 1 atom stereocenters. The average Bonchev–Trinajstić information content (AvgIpc) is 3.11. The maximum atomic E-state index is 12.3. The van der Waals surface area contributed by atoms with Gasteiger partial charge in [-0.3, -0.25) is 4.68 Å². The van der Waals surface area contributed by atoms with Crippen molar-refractivity contribution in [2.24, 2.45) is 5.92 Å². The van der Waals surface area contributed by atoms with Crippen molar-refractivity contribution < 1.29 is 23.1 Å². The highest BCUT2D eigenvalue weighted by atomic mass is 32.2. The fraction of sp³-hybridized carbons (Fsp3) is 0.714. The second kappa shape index (κ2) is 6.21. The van der Waals surface area contributed by atoms with E-state index < -0.39 is 21.6 Å². The Morgan fingerprint density at radius 1 is 1.48 bits per heavy atom. The molecule has 2 heterocycles. The number of aromatic nitrogens is 2. The van der Waals surface area contributed by atoms with Crippen LogP contribution in [0.25, 0.3) is 0 Å². The van der Waals surface area contributed by atoms with Crippen LogP contribution in [0.3, 0.4) is 0 Å². The molecule has 2 fully saturated rings. The third-order valence-electron chi connectivity index (χ3n) is 4.63. The van der Waals surface area contributed by atoms with E-state index in [0.29, 0.717) is 25.4 Å².